The van der Waals surface area contributed by atoms with Crippen molar-refractivity contribution in [3.05, 3.63) is 35.9 Å². The Balaban J connectivity index is 3.11. The third kappa shape index (κ3) is 2.94. The lowest BCUT2D eigenvalue weighted by Gasteiger charge is -2.11. The van der Waals surface area contributed by atoms with Gasteiger partial charge in [-0.3, -0.25) is 4.79 Å². The van der Waals surface area contributed by atoms with Crippen LogP contribution in [0.4, 0.5) is 0 Å². The van der Waals surface area contributed by atoms with E-state index in [1.165, 1.54) is 0 Å². The molecule has 0 unspecified atom stereocenters. The summed E-state index contributed by atoms with van der Waals surface area (Å²) >= 11 is 0. The molecule has 0 aliphatic rings. The van der Waals surface area contributed by atoms with Crippen molar-refractivity contribution in [3.63, 3.8) is 0 Å². The SMILES string of the molecule is COc1cccc(/C(=C\C=O)C(C)C)c1. The Hall–Kier alpha value is -1.57. The van der Waals surface area contributed by atoms with Crippen molar-refractivity contribution in [1.82, 2.24) is 0 Å². The Morgan fingerprint density at radius 3 is 2.67 bits per heavy atom. The van der Waals surface area contributed by atoms with Crippen LogP contribution < -0.4 is 4.74 Å². The Morgan fingerprint density at radius 2 is 2.13 bits per heavy atom. The average Bonchev–Trinajstić information content (AvgIpc) is 2.25. The van der Waals surface area contributed by atoms with Gasteiger partial charge in [0.05, 0.1) is 7.11 Å². The van der Waals surface area contributed by atoms with Crippen LogP contribution in [0.5, 0.6) is 5.75 Å². The largest absolute Gasteiger partial charge is 0.497 e. The third-order valence-corrected chi connectivity index (χ3v) is 2.27. The molecule has 1 aromatic carbocycles. The molecule has 0 fully saturated rings. The molecule has 0 saturated heterocycles. The summed E-state index contributed by atoms with van der Waals surface area (Å²) in [7, 11) is 1.64. The summed E-state index contributed by atoms with van der Waals surface area (Å²) in [6.45, 7) is 4.13. The van der Waals surface area contributed by atoms with Crippen LogP contribution >= 0.6 is 0 Å². The molecule has 1 rings (SSSR count). The number of aldehydes is 1. The standard InChI is InChI=1S/C13H16O2/c1-10(2)13(7-8-14)11-5-4-6-12(9-11)15-3/h4-10H,1-3H3/b13-7-. The van der Waals surface area contributed by atoms with Crippen LogP contribution in [0.25, 0.3) is 5.57 Å². The maximum atomic E-state index is 10.5. The lowest BCUT2D eigenvalue weighted by molar-refractivity contribution is -0.104. The van der Waals surface area contributed by atoms with Crippen molar-refractivity contribution in [2.75, 3.05) is 7.11 Å². The highest BCUT2D eigenvalue weighted by Gasteiger charge is 2.06. The molecular weight excluding hydrogens is 188 g/mol. The van der Waals surface area contributed by atoms with Gasteiger partial charge in [-0.05, 0) is 35.3 Å². The van der Waals surface area contributed by atoms with E-state index in [1.807, 2.05) is 24.3 Å². The lowest BCUT2D eigenvalue weighted by atomic mass is 9.95. The fourth-order valence-electron chi connectivity index (χ4n) is 1.50. The molecule has 80 valence electrons. The van der Waals surface area contributed by atoms with Crippen molar-refractivity contribution in [3.8, 4) is 5.75 Å². The molecule has 0 atom stereocenters. The summed E-state index contributed by atoms with van der Waals surface area (Å²) in [5.74, 6) is 1.13. The Morgan fingerprint density at radius 1 is 1.40 bits per heavy atom. The minimum atomic E-state index is 0.322. The number of methoxy groups -OCH3 is 1. The molecule has 0 bridgehead atoms. The zero-order valence-electron chi connectivity index (χ0n) is 9.36. The van der Waals surface area contributed by atoms with Gasteiger partial charge in [0.25, 0.3) is 0 Å². The van der Waals surface area contributed by atoms with Crippen LogP contribution in [0.3, 0.4) is 0 Å². The number of ether oxygens (including phenoxy) is 1. The third-order valence-electron chi connectivity index (χ3n) is 2.27. The van der Waals surface area contributed by atoms with E-state index >= 15 is 0 Å². The quantitative estimate of drug-likeness (QED) is 0.556. The van der Waals surface area contributed by atoms with E-state index in [0.29, 0.717) is 5.92 Å². The molecule has 0 saturated carbocycles. The van der Waals surface area contributed by atoms with Crippen LogP contribution in [0.1, 0.15) is 19.4 Å². The normalized spacial score (nSPS) is 11.6. The zero-order chi connectivity index (χ0) is 11.3. The van der Waals surface area contributed by atoms with Gasteiger partial charge in [-0.1, -0.05) is 26.0 Å². The van der Waals surface area contributed by atoms with Gasteiger partial charge in [-0.2, -0.15) is 0 Å². The van der Waals surface area contributed by atoms with Crippen molar-refractivity contribution in [2.24, 2.45) is 5.92 Å². The number of benzene rings is 1. The van der Waals surface area contributed by atoms with Gasteiger partial charge in [0.1, 0.15) is 12.0 Å². The first-order valence-corrected chi connectivity index (χ1v) is 4.98. The van der Waals surface area contributed by atoms with Crippen molar-refractivity contribution in [1.29, 1.82) is 0 Å². The Kier molecular flexibility index (Phi) is 4.10. The number of hydrogen-bond donors (Lipinski definition) is 0. The summed E-state index contributed by atoms with van der Waals surface area (Å²) in [4.78, 5) is 10.5. The summed E-state index contributed by atoms with van der Waals surface area (Å²) in [5, 5.41) is 0. The summed E-state index contributed by atoms with van der Waals surface area (Å²) < 4.78 is 5.15. The number of rotatable bonds is 4. The van der Waals surface area contributed by atoms with E-state index in [1.54, 1.807) is 13.2 Å². The van der Waals surface area contributed by atoms with Gasteiger partial charge in [-0.15, -0.1) is 0 Å². The molecule has 0 aromatic heterocycles. The highest BCUT2D eigenvalue weighted by atomic mass is 16.5. The number of hydrogen-bond acceptors (Lipinski definition) is 2. The van der Waals surface area contributed by atoms with Gasteiger partial charge in [-0.25, -0.2) is 0 Å². The molecule has 2 nitrogen and oxygen atoms in total. The van der Waals surface area contributed by atoms with Gasteiger partial charge < -0.3 is 4.74 Å². The van der Waals surface area contributed by atoms with Crippen LogP contribution in [0.15, 0.2) is 30.3 Å². The lowest BCUT2D eigenvalue weighted by Crippen LogP contribution is -1.95. The second-order valence-electron chi connectivity index (χ2n) is 3.64. The van der Waals surface area contributed by atoms with Crippen LogP contribution in [0.2, 0.25) is 0 Å². The predicted molar refractivity (Wildman–Crippen MR) is 61.9 cm³/mol. The molecule has 0 aliphatic heterocycles. The van der Waals surface area contributed by atoms with E-state index in [2.05, 4.69) is 13.8 Å². The summed E-state index contributed by atoms with van der Waals surface area (Å²) in [5.41, 5.74) is 2.07. The molecular formula is C13H16O2. The smallest absolute Gasteiger partial charge is 0.143 e. The maximum absolute atomic E-state index is 10.5. The van der Waals surface area contributed by atoms with Crippen molar-refractivity contribution < 1.29 is 9.53 Å². The fourth-order valence-corrected chi connectivity index (χ4v) is 1.50. The second-order valence-corrected chi connectivity index (χ2v) is 3.64. The van der Waals surface area contributed by atoms with Crippen LogP contribution in [-0.2, 0) is 4.79 Å². The van der Waals surface area contributed by atoms with Gasteiger partial charge in [0.15, 0.2) is 0 Å². The summed E-state index contributed by atoms with van der Waals surface area (Å²) in [6, 6.07) is 7.74. The molecule has 2 heteroatoms. The highest BCUT2D eigenvalue weighted by Crippen LogP contribution is 2.25. The molecule has 0 radical (unpaired) electrons. The van der Waals surface area contributed by atoms with E-state index in [0.717, 1.165) is 23.2 Å². The Bertz CT molecular complexity index is 365. The molecule has 15 heavy (non-hydrogen) atoms. The maximum Gasteiger partial charge on any atom is 0.143 e. The van der Waals surface area contributed by atoms with Gasteiger partial charge in [0.2, 0.25) is 0 Å². The van der Waals surface area contributed by atoms with E-state index in [-0.39, 0.29) is 0 Å². The number of carbonyl (C=O) groups excluding carboxylic acids is 1. The Labute approximate surface area is 90.6 Å². The van der Waals surface area contributed by atoms with Gasteiger partial charge >= 0.3 is 0 Å². The first-order valence-electron chi connectivity index (χ1n) is 4.98. The first-order chi connectivity index (χ1) is 7.19. The van der Waals surface area contributed by atoms with Crippen molar-refractivity contribution in [2.45, 2.75) is 13.8 Å². The number of allylic oxidation sites excluding steroid dienone is 2. The van der Waals surface area contributed by atoms with E-state index in [9.17, 15) is 4.79 Å². The molecule has 0 spiro atoms. The van der Waals surface area contributed by atoms with E-state index < -0.39 is 0 Å². The summed E-state index contributed by atoms with van der Waals surface area (Å²) in [6.07, 6.45) is 2.44. The van der Waals surface area contributed by atoms with Crippen LogP contribution in [-0.4, -0.2) is 13.4 Å². The monoisotopic (exact) mass is 204 g/mol. The molecule has 0 amide bonds. The first kappa shape index (κ1) is 11.5. The van der Waals surface area contributed by atoms with E-state index in [4.69, 9.17) is 4.74 Å². The number of carbonyl (C=O) groups is 1. The molecule has 0 heterocycles. The average molecular weight is 204 g/mol. The molecule has 1 aromatic rings. The minimum Gasteiger partial charge on any atom is -0.497 e. The minimum absolute atomic E-state index is 0.322. The topological polar surface area (TPSA) is 26.3 Å². The van der Waals surface area contributed by atoms with Crippen LogP contribution in [0, 0.1) is 5.92 Å². The second kappa shape index (κ2) is 5.35. The zero-order valence-corrected chi connectivity index (χ0v) is 9.36. The highest BCUT2D eigenvalue weighted by molar-refractivity contribution is 5.82. The predicted octanol–water partition coefficient (Wildman–Crippen LogP) is 2.93. The fraction of sp³-hybridized carbons (Fsp3) is 0.308. The van der Waals surface area contributed by atoms with Crippen molar-refractivity contribution >= 4 is 11.9 Å². The molecule has 0 N–H and O–H groups in total. The van der Waals surface area contributed by atoms with Gasteiger partial charge in [0, 0.05) is 0 Å². The molecule has 0 aliphatic carbocycles.